The molecule has 5 aliphatic rings. The van der Waals surface area contributed by atoms with Gasteiger partial charge in [-0.2, -0.15) is 5.10 Å². The summed E-state index contributed by atoms with van der Waals surface area (Å²) in [6, 6.07) is 5.66. The van der Waals surface area contributed by atoms with E-state index in [1.165, 1.54) is 36.3 Å². The number of hydrogen-bond acceptors (Lipinski definition) is 3. The van der Waals surface area contributed by atoms with Gasteiger partial charge in [0.05, 0.1) is 24.3 Å². The molecule has 0 spiro atoms. The van der Waals surface area contributed by atoms with Crippen molar-refractivity contribution in [3.8, 4) is 11.3 Å². The molecule has 4 bridgehead atoms. The Balaban J connectivity index is 1.39. The highest BCUT2D eigenvalue weighted by atomic mass is 19.1. The van der Waals surface area contributed by atoms with Gasteiger partial charge in [0.1, 0.15) is 11.5 Å². The van der Waals surface area contributed by atoms with Crippen LogP contribution in [0.5, 0.6) is 0 Å². The molecule has 3 N–H and O–H groups in total. The molecule has 4 aliphatic carbocycles. The van der Waals surface area contributed by atoms with Crippen LogP contribution in [0.25, 0.3) is 11.3 Å². The maximum Gasteiger partial charge on any atom is 0.315 e. The number of nitrogens with two attached hydrogens (primary N) is 1. The van der Waals surface area contributed by atoms with E-state index in [0.717, 1.165) is 19.3 Å². The second-order valence-corrected chi connectivity index (χ2v) is 10.3. The van der Waals surface area contributed by atoms with Gasteiger partial charge in [-0.3, -0.25) is 9.48 Å². The quantitative estimate of drug-likeness (QED) is 0.772. The molecular formula is C24H28FN5O2. The summed E-state index contributed by atoms with van der Waals surface area (Å²) < 4.78 is 15.8. The Kier molecular flexibility index (Phi) is 4.35. The van der Waals surface area contributed by atoms with Gasteiger partial charge in [0.25, 0.3) is 5.91 Å². The monoisotopic (exact) mass is 437 g/mol. The topological polar surface area (TPSA) is 93.2 Å². The van der Waals surface area contributed by atoms with Crippen molar-refractivity contribution < 1.29 is 14.0 Å². The zero-order valence-corrected chi connectivity index (χ0v) is 18.0. The third kappa shape index (κ3) is 3.19. The Bertz CT molecular complexity index is 1070. The first-order chi connectivity index (χ1) is 15.4. The molecule has 3 amide bonds. The average molecular weight is 438 g/mol. The highest BCUT2D eigenvalue weighted by Crippen LogP contribution is 2.55. The molecule has 1 aromatic heterocycles. The summed E-state index contributed by atoms with van der Waals surface area (Å²) in [5.74, 6) is 1.57. The number of amides is 3. The highest BCUT2D eigenvalue weighted by molar-refractivity contribution is 6.01. The van der Waals surface area contributed by atoms with E-state index in [0.29, 0.717) is 53.4 Å². The van der Waals surface area contributed by atoms with Crippen LogP contribution < -0.4 is 11.1 Å². The van der Waals surface area contributed by atoms with Gasteiger partial charge < -0.3 is 16.0 Å². The van der Waals surface area contributed by atoms with E-state index in [9.17, 15) is 14.0 Å². The highest BCUT2D eigenvalue weighted by Gasteiger charge is 2.52. The zero-order valence-electron chi connectivity index (χ0n) is 18.0. The third-order valence-corrected chi connectivity index (χ3v) is 8.03. The second-order valence-electron chi connectivity index (χ2n) is 10.3. The molecule has 4 saturated carbocycles. The number of benzene rings is 1. The molecule has 0 atom stereocenters. The lowest BCUT2D eigenvalue weighted by Gasteiger charge is -2.56. The smallest absolute Gasteiger partial charge is 0.315 e. The molecule has 0 unspecified atom stereocenters. The molecule has 2 heterocycles. The van der Waals surface area contributed by atoms with Crippen LogP contribution >= 0.6 is 0 Å². The molecule has 7 rings (SSSR count). The van der Waals surface area contributed by atoms with Gasteiger partial charge in [-0.05, 0) is 68.4 Å². The van der Waals surface area contributed by atoms with Gasteiger partial charge in [-0.25, -0.2) is 9.18 Å². The number of nitrogens with zero attached hydrogens (tertiary/aromatic N) is 3. The Hall–Kier alpha value is -2.90. The Morgan fingerprint density at radius 2 is 1.78 bits per heavy atom. The van der Waals surface area contributed by atoms with Crippen LogP contribution in [-0.2, 0) is 13.1 Å². The van der Waals surface area contributed by atoms with E-state index >= 15 is 0 Å². The summed E-state index contributed by atoms with van der Waals surface area (Å²) >= 11 is 0. The first-order valence-corrected chi connectivity index (χ1v) is 11.6. The molecule has 0 saturated heterocycles. The van der Waals surface area contributed by atoms with Crippen LogP contribution in [0.2, 0.25) is 0 Å². The molecule has 7 nitrogen and oxygen atoms in total. The molecule has 2 aromatic rings. The molecule has 4 fully saturated rings. The van der Waals surface area contributed by atoms with Crippen molar-refractivity contribution in [1.82, 2.24) is 20.0 Å². The van der Waals surface area contributed by atoms with Crippen LogP contribution in [0.15, 0.2) is 24.3 Å². The van der Waals surface area contributed by atoms with Crippen molar-refractivity contribution in [2.45, 2.75) is 57.2 Å². The van der Waals surface area contributed by atoms with Crippen LogP contribution in [0.3, 0.4) is 0 Å². The lowest BCUT2D eigenvalue weighted by atomic mass is 9.53. The number of rotatable bonds is 3. The summed E-state index contributed by atoms with van der Waals surface area (Å²) in [4.78, 5) is 27.2. The fourth-order valence-corrected chi connectivity index (χ4v) is 7.15. The summed E-state index contributed by atoms with van der Waals surface area (Å²) in [6.45, 7) is 1.11. The van der Waals surface area contributed by atoms with E-state index in [1.54, 1.807) is 16.8 Å². The zero-order chi connectivity index (χ0) is 22.0. The number of nitrogens with one attached hydrogen (secondary N) is 1. The number of carbonyl (C=O) groups excluding carboxylic acids is 2. The van der Waals surface area contributed by atoms with Crippen molar-refractivity contribution in [1.29, 1.82) is 0 Å². The summed E-state index contributed by atoms with van der Waals surface area (Å²) in [7, 11) is 0. The van der Waals surface area contributed by atoms with Crippen LogP contribution in [0.4, 0.5) is 9.18 Å². The van der Waals surface area contributed by atoms with Crippen LogP contribution in [0.1, 0.15) is 54.6 Å². The predicted octanol–water partition coefficient (Wildman–Crippen LogP) is 3.28. The largest absolute Gasteiger partial charge is 0.351 e. The SMILES string of the molecule is NC(=O)N1CCn2nc(-c3cccc(F)c3)c(C(=O)NC34CC5CC(CC(C5)C3)C4)c2C1. The van der Waals surface area contributed by atoms with Gasteiger partial charge in [-0.1, -0.05) is 12.1 Å². The molecule has 0 radical (unpaired) electrons. The fourth-order valence-electron chi connectivity index (χ4n) is 7.15. The van der Waals surface area contributed by atoms with Crippen LogP contribution in [-0.4, -0.2) is 38.7 Å². The van der Waals surface area contributed by atoms with E-state index in [1.807, 2.05) is 0 Å². The molecule has 32 heavy (non-hydrogen) atoms. The van der Waals surface area contributed by atoms with Crippen molar-refractivity contribution in [2.75, 3.05) is 6.54 Å². The minimum Gasteiger partial charge on any atom is -0.351 e. The van der Waals surface area contributed by atoms with Gasteiger partial charge in [0.15, 0.2) is 0 Å². The lowest BCUT2D eigenvalue weighted by Crippen LogP contribution is -2.60. The number of urea groups is 1. The number of fused-ring (bicyclic) bond motifs is 1. The Morgan fingerprint density at radius 1 is 1.09 bits per heavy atom. The number of primary amides is 1. The van der Waals surface area contributed by atoms with Gasteiger partial charge >= 0.3 is 6.03 Å². The van der Waals surface area contributed by atoms with Gasteiger partial charge in [0.2, 0.25) is 0 Å². The van der Waals surface area contributed by atoms with Crippen molar-refractivity contribution in [3.05, 3.63) is 41.3 Å². The standard InChI is InChI=1S/C24H28FN5O2/c25-18-3-1-2-17(9-18)21-20(19-13-29(23(26)32)4-5-30(19)28-21)22(31)27-24-10-14-6-15(11-24)8-16(7-14)12-24/h1-3,9,14-16H,4-8,10-13H2,(H2,26,32)(H,27,31). The normalized spacial score (nSPS) is 30.3. The van der Waals surface area contributed by atoms with Crippen molar-refractivity contribution in [3.63, 3.8) is 0 Å². The minimum absolute atomic E-state index is 0.155. The third-order valence-electron chi connectivity index (χ3n) is 8.03. The van der Waals surface area contributed by atoms with E-state index < -0.39 is 6.03 Å². The summed E-state index contributed by atoms with van der Waals surface area (Å²) in [5, 5.41) is 8.11. The average Bonchev–Trinajstić information content (AvgIpc) is 3.11. The first kappa shape index (κ1) is 19.8. The first-order valence-electron chi connectivity index (χ1n) is 11.6. The Morgan fingerprint density at radius 3 is 2.41 bits per heavy atom. The maximum absolute atomic E-state index is 14.0. The van der Waals surface area contributed by atoms with E-state index in [4.69, 9.17) is 5.73 Å². The van der Waals surface area contributed by atoms with Gasteiger partial charge in [-0.15, -0.1) is 0 Å². The molecule has 168 valence electrons. The maximum atomic E-state index is 14.0. The molecule has 1 aliphatic heterocycles. The Labute approximate surface area is 186 Å². The van der Waals surface area contributed by atoms with Gasteiger partial charge in [0, 0.05) is 17.6 Å². The number of hydrogen-bond donors (Lipinski definition) is 2. The van der Waals surface area contributed by atoms with Crippen molar-refractivity contribution in [2.24, 2.45) is 23.5 Å². The second kappa shape index (κ2) is 7.05. The molecule has 1 aromatic carbocycles. The summed E-state index contributed by atoms with van der Waals surface area (Å²) in [5.41, 5.74) is 7.51. The van der Waals surface area contributed by atoms with E-state index in [-0.39, 0.29) is 23.8 Å². The van der Waals surface area contributed by atoms with Crippen LogP contribution in [0, 0.1) is 23.6 Å². The van der Waals surface area contributed by atoms with Crippen molar-refractivity contribution >= 4 is 11.9 Å². The molecule has 8 heteroatoms. The van der Waals surface area contributed by atoms with E-state index in [2.05, 4.69) is 10.4 Å². The summed E-state index contributed by atoms with van der Waals surface area (Å²) in [6.07, 6.45) is 6.99. The predicted molar refractivity (Wildman–Crippen MR) is 116 cm³/mol. The number of aromatic nitrogens is 2. The number of carbonyl (C=O) groups is 2. The fraction of sp³-hybridized carbons (Fsp3) is 0.542. The lowest BCUT2D eigenvalue weighted by molar-refractivity contribution is -0.0167. The number of halogens is 1. The minimum atomic E-state index is -0.516. The molecular weight excluding hydrogens is 409 g/mol.